The first-order chi connectivity index (χ1) is 9.02. The predicted octanol–water partition coefficient (Wildman–Crippen LogP) is 1.74. The van der Waals surface area contributed by atoms with Gasteiger partial charge in [-0.05, 0) is 19.8 Å². The Morgan fingerprint density at radius 2 is 1.89 bits per heavy atom. The van der Waals surface area contributed by atoms with Gasteiger partial charge in [0, 0.05) is 12.9 Å². The van der Waals surface area contributed by atoms with Crippen LogP contribution >= 0.6 is 0 Å². The Morgan fingerprint density at radius 1 is 1.26 bits per heavy atom. The van der Waals surface area contributed by atoms with Crippen LogP contribution in [0.4, 0.5) is 0 Å². The second kappa shape index (κ2) is 10.6. The molecular formula is C15H28N2O2. The fourth-order valence-electron chi connectivity index (χ4n) is 1.81. The molecule has 1 aromatic heterocycles. The smallest absolute Gasteiger partial charge is 0.252 e. The molecule has 4 nitrogen and oxygen atoms in total. The second-order valence-electron chi connectivity index (χ2n) is 4.78. The van der Waals surface area contributed by atoms with Crippen LogP contribution in [0.2, 0.25) is 0 Å². The Morgan fingerprint density at radius 3 is 2.26 bits per heavy atom. The summed E-state index contributed by atoms with van der Waals surface area (Å²) < 4.78 is 4.32. The lowest BCUT2D eigenvalue weighted by molar-refractivity contribution is -0.677. The van der Waals surface area contributed by atoms with Gasteiger partial charge < -0.3 is 9.90 Å². The molecule has 0 aliphatic heterocycles. The van der Waals surface area contributed by atoms with Crippen LogP contribution < -0.4 is 9.67 Å². The molecule has 0 saturated carbocycles. The molecule has 4 heteroatoms. The molecule has 0 bridgehead atoms. The summed E-state index contributed by atoms with van der Waals surface area (Å²) in [6.07, 6.45) is 9.77. The van der Waals surface area contributed by atoms with E-state index in [9.17, 15) is 9.90 Å². The largest absolute Gasteiger partial charge is 0.550 e. The lowest BCUT2D eigenvalue weighted by atomic mass is 10.1. The Bertz CT molecular complexity index is 359. The number of hydrogen-bond donors (Lipinski definition) is 0. The first-order valence-corrected chi connectivity index (χ1v) is 7.24. The Balaban J connectivity index is 0.000000342. The molecule has 0 fully saturated rings. The molecule has 1 rings (SSSR count). The molecule has 0 aliphatic rings. The van der Waals surface area contributed by atoms with E-state index in [0.717, 1.165) is 25.8 Å². The summed E-state index contributed by atoms with van der Waals surface area (Å²) in [5.41, 5.74) is 0. The lowest BCUT2D eigenvalue weighted by Gasteiger charge is -2.00. The van der Waals surface area contributed by atoms with Crippen molar-refractivity contribution in [3.05, 3.63) is 18.2 Å². The van der Waals surface area contributed by atoms with Gasteiger partial charge in [-0.2, -0.15) is 0 Å². The van der Waals surface area contributed by atoms with Crippen LogP contribution in [0.5, 0.6) is 0 Å². The van der Waals surface area contributed by atoms with Crippen LogP contribution in [0, 0.1) is 6.92 Å². The third-order valence-corrected chi connectivity index (χ3v) is 3.22. The molecule has 1 aromatic rings. The van der Waals surface area contributed by atoms with Crippen LogP contribution in [0.3, 0.4) is 0 Å². The topological polar surface area (TPSA) is 48.9 Å². The molecule has 1 heterocycles. The van der Waals surface area contributed by atoms with Crippen molar-refractivity contribution in [2.45, 2.75) is 65.8 Å². The van der Waals surface area contributed by atoms with Crippen molar-refractivity contribution >= 4 is 5.97 Å². The number of unbranched alkanes of at least 4 members (excludes halogenated alkanes) is 4. The minimum Gasteiger partial charge on any atom is -0.550 e. The van der Waals surface area contributed by atoms with Crippen LogP contribution in [-0.2, 0) is 18.4 Å². The summed E-state index contributed by atoms with van der Waals surface area (Å²) in [5, 5.41) is 9.92. The van der Waals surface area contributed by atoms with Crippen LogP contribution in [0.1, 0.15) is 58.2 Å². The van der Waals surface area contributed by atoms with E-state index in [1.807, 2.05) is 0 Å². The summed E-state index contributed by atoms with van der Waals surface area (Å²) in [5.74, 6) is 0.383. The van der Waals surface area contributed by atoms with Crippen molar-refractivity contribution < 1.29 is 14.5 Å². The molecule has 0 unspecified atom stereocenters. The summed E-state index contributed by atoms with van der Waals surface area (Å²) in [6, 6.07) is 0. The molecule has 0 N–H and O–H groups in total. The van der Waals surface area contributed by atoms with Crippen molar-refractivity contribution in [2.75, 3.05) is 0 Å². The molecular weight excluding hydrogens is 240 g/mol. The number of imidazole rings is 1. The monoisotopic (exact) mass is 268 g/mol. The zero-order chi connectivity index (χ0) is 14.7. The van der Waals surface area contributed by atoms with Gasteiger partial charge in [0.2, 0.25) is 0 Å². The summed E-state index contributed by atoms with van der Waals surface area (Å²) >= 11 is 0. The van der Waals surface area contributed by atoms with E-state index < -0.39 is 5.97 Å². The number of aliphatic carboxylic acids is 1. The molecule has 110 valence electrons. The molecule has 0 aliphatic carbocycles. The number of carbonyl (C=O) groups is 1. The first-order valence-electron chi connectivity index (χ1n) is 7.24. The highest BCUT2D eigenvalue weighted by Gasteiger charge is 2.03. The number of hydrogen-bond acceptors (Lipinski definition) is 2. The van der Waals surface area contributed by atoms with Crippen LogP contribution in [-0.4, -0.2) is 10.5 Å². The average molecular weight is 268 g/mol. The fraction of sp³-hybridized carbons (Fsp3) is 0.733. The van der Waals surface area contributed by atoms with Crippen LogP contribution in [0.15, 0.2) is 12.4 Å². The van der Waals surface area contributed by atoms with Gasteiger partial charge in [0.15, 0.2) is 0 Å². The fourth-order valence-corrected chi connectivity index (χ4v) is 1.81. The van der Waals surface area contributed by atoms with Gasteiger partial charge in [0.25, 0.3) is 5.82 Å². The van der Waals surface area contributed by atoms with E-state index in [-0.39, 0.29) is 6.42 Å². The molecule has 19 heavy (non-hydrogen) atoms. The van der Waals surface area contributed by atoms with Crippen molar-refractivity contribution in [3.63, 3.8) is 0 Å². The summed E-state index contributed by atoms with van der Waals surface area (Å²) in [4.78, 5) is 9.92. The molecule has 0 atom stereocenters. The van der Waals surface area contributed by atoms with Gasteiger partial charge in [0.05, 0.1) is 13.6 Å². The molecule has 0 saturated heterocycles. The molecule has 0 amide bonds. The van der Waals surface area contributed by atoms with Gasteiger partial charge in [-0.3, -0.25) is 0 Å². The number of carboxylic acids is 1. The van der Waals surface area contributed by atoms with Crippen molar-refractivity contribution in [1.29, 1.82) is 0 Å². The van der Waals surface area contributed by atoms with Gasteiger partial charge in [-0.25, -0.2) is 9.13 Å². The molecule has 0 radical (unpaired) electrons. The van der Waals surface area contributed by atoms with Gasteiger partial charge >= 0.3 is 0 Å². The van der Waals surface area contributed by atoms with E-state index in [0.29, 0.717) is 0 Å². The quantitative estimate of drug-likeness (QED) is 0.558. The normalized spacial score (nSPS) is 9.89. The number of carbonyl (C=O) groups excluding carboxylic acids is 1. The van der Waals surface area contributed by atoms with E-state index >= 15 is 0 Å². The second-order valence-corrected chi connectivity index (χ2v) is 4.78. The highest BCUT2D eigenvalue weighted by Crippen LogP contribution is 2.03. The van der Waals surface area contributed by atoms with Crippen molar-refractivity contribution in [2.24, 2.45) is 7.05 Å². The van der Waals surface area contributed by atoms with E-state index in [1.165, 1.54) is 18.7 Å². The average Bonchev–Trinajstić information content (AvgIpc) is 2.70. The molecule has 0 aromatic carbocycles. The molecule has 0 spiro atoms. The SMILES string of the molecule is CCCCCCCC(=O)[O-].CCn1cc[n+](C)c1C. The van der Waals surface area contributed by atoms with Gasteiger partial charge in [-0.15, -0.1) is 0 Å². The first kappa shape index (κ1) is 17.7. The number of nitrogens with zero attached hydrogens (tertiary/aromatic N) is 2. The van der Waals surface area contributed by atoms with Gasteiger partial charge in [0.1, 0.15) is 12.4 Å². The third kappa shape index (κ3) is 8.41. The number of carboxylic acid groups (broad SMARTS) is 1. The maximum absolute atomic E-state index is 9.92. The Kier molecular flexibility index (Phi) is 9.85. The highest BCUT2D eigenvalue weighted by atomic mass is 16.4. The lowest BCUT2D eigenvalue weighted by Crippen LogP contribution is -2.29. The standard InChI is InChI=1S/C8H16O2.C7H13N2/c1-2-3-4-5-6-7-8(9)10;1-4-9-6-5-8(3)7(9)2/h2-7H2,1H3,(H,9,10);5-6H,4H2,1-3H3/q;+1/p-1. The minimum atomic E-state index is -0.920. The zero-order valence-corrected chi connectivity index (χ0v) is 12.8. The maximum Gasteiger partial charge on any atom is 0.252 e. The zero-order valence-electron chi connectivity index (χ0n) is 12.8. The summed E-state index contributed by atoms with van der Waals surface area (Å²) in [6.45, 7) is 7.46. The highest BCUT2D eigenvalue weighted by molar-refractivity contribution is 5.63. The Hall–Kier alpha value is -1.32. The van der Waals surface area contributed by atoms with Crippen LogP contribution in [0.25, 0.3) is 0 Å². The van der Waals surface area contributed by atoms with Gasteiger partial charge in [-0.1, -0.05) is 32.6 Å². The number of aryl methyl sites for hydroxylation is 2. The predicted molar refractivity (Wildman–Crippen MR) is 74.4 cm³/mol. The van der Waals surface area contributed by atoms with E-state index in [2.05, 4.69) is 49.3 Å². The Labute approximate surface area is 117 Å². The summed E-state index contributed by atoms with van der Waals surface area (Å²) in [7, 11) is 2.06. The number of rotatable bonds is 7. The van der Waals surface area contributed by atoms with E-state index in [4.69, 9.17) is 0 Å². The van der Waals surface area contributed by atoms with E-state index in [1.54, 1.807) is 0 Å². The maximum atomic E-state index is 9.92. The minimum absolute atomic E-state index is 0.226. The number of aromatic nitrogens is 2. The third-order valence-electron chi connectivity index (χ3n) is 3.22. The van der Waals surface area contributed by atoms with Crippen molar-refractivity contribution in [1.82, 2.24) is 4.57 Å². The van der Waals surface area contributed by atoms with Crippen molar-refractivity contribution in [3.8, 4) is 0 Å².